The summed E-state index contributed by atoms with van der Waals surface area (Å²) in [6.45, 7) is 3.49. The molecule has 1 aliphatic heterocycles. The monoisotopic (exact) mass is 469 g/mol. The maximum absolute atomic E-state index is 14.2. The number of aromatic nitrogens is 4. The highest BCUT2D eigenvalue weighted by Gasteiger charge is 2.28. The number of fused-ring (bicyclic) bond motifs is 4. The van der Waals surface area contributed by atoms with Crippen LogP contribution in [0.2, 0.25) is 5.28 Å². The smallest absolute Gasteiger partial charge is 0.258 e. The Morgan fingerprint density at radius 1 is 1.15 bits per heavy atom. The minimum Gasteiger partial charge on any atom is -0.325 e. The van der Waals surface area contributed by atoms with E-state index in [1.54, 1.807) is 10.5 Å². The standard InChI is InChI=1S/C24H19ClF3N5/c1-24(2,21(27)28)11-10-14-5-3-7-18-16(14)6-4-12-32(18)20-17-13-15(26)8-9-19(17)33-22(25)30-31-23(33)29-20/h3,5,7-9,13,21H,4,6,12H2,1-2H3. The number of hydrogen-bond acceptors (Lipinski definition) is 4. The van der Waals surface area contributed by atoms with Crippen molar-refractivity contribution >= 4 is 39.8 Å². The van der Waals surface area contributed by atoms with E-state index in [9.17, 15) is 13.2 Å². The zero-order chi connectivity index (χ0) is 23.3. The predicted molar refractivity (Wildman–Crippen MR) is 122 cm³/mol. The van der Waals surface area contributed by atoms with Crippen LogP contribution in [-0.2, 0) is 6.42 Å². The minimum atomic E-state index is -2.55. The molecule has 2 aromatic heterocycles. The van der Waals surface area contributed by atoms with Crippen LogP contribution in [0, 0.1) is 23.1 Å². The Kier molecular flexibility index (Phi) is 5.17. The van der Waals surface area contributed by atoms with Gasteiger partial charge in [-0.25, -0.2) is 17.6 Å². The Labute approximate surface area is 193 Å². The molecule has 0 saturated heterocycles. The van der Waals surface area contributed by atoms with Crippen molar-refractivity contribution in [3.63, 3.8) is 0 Å². The van der Waals surface area contributed by atoms with Crippen LogP contribution in [0.15, 0.2) is 36.4 Å². The van der Waals surface area contributed by atoms with Gasteiger partial charge in [0.15, 0.2) is 0 Å². The molecule has 3 heterocycles. The van der Waals surface area contributed by atoms with Gasteiger partial charge in [-0.05, 0) is 74.2 Å². The number of hydrogen-bond donors (Lipinski definition) is 0. The van der Waals surface area contributed by atoms with Gasteiger partial charge in [-0.1, -0.05) is 17.9 Å². The highest BCUT2D eigenvalue weighted by atomic mass is 35.5. The van der Waals surface area contributed by atoms with Crippen molar-refractivity contribution < 1.29 is 13.2 Å². The molecular formula is C24H19ClF3N5. The first-order valence-electron chi connectivity index (χ1n) is 10.5. The topological polar surface area (TPSA) is 46.3 Å². The number of rotatable bonds is 2. The maximum atomic E-state index is 14.2. The molecule has 4 aromatic rings. The van der Waals surface area contributed by atoms with Gasteiger partial charge in [0.05, 0.1) is 10.9 Å². The molecule has 0 unspecified atom stereocenters. The fraction of sp³-hybridized carbons (Fsp3) is 0.292. The largest absolute Gasteiger partial charge is 0.325 e. The molecule has 0 fully saturated rings. The van der Waals surface area contributed by atoms with Gasteiger partial charge in [0.1, 0.15) is 11.6 Å². The Hall–Kier alpha value is -3.31. The number of alkyl halides is 2. The minimum absolute atomic E-state index is 0.138. The molecule has 0 saturated carbocycles. The van der Waals surface area contributed by atoms with E-state index >= 15 is 0 Å². The van der Waals surface area contributed by atoms with Gasteiger partial charge < -0.3 is 4.90 Å². The van der Waals surface area contributed by atoms with Crippen molar-refractivity contribution in [2.24, 2.45) is 5.41 Å². The van der Waals surface area contributed by atoms with Crippen molar-refractivity contribution in [1.29, 1.82) is 0 Å². The first kappa shape index (κ1) is 21.5. The Morgan fingerprint density at radius 3 is 2.76 bits per heavy atom. The number of benzene rings is 2. The molecule has 5 rings (SSSR count). The lowest BCUT2D eigenvalue weighted by molar-refractivity contribution is 0.0570. The second-order valence-electron chi connectivity index (χ2n) is 8.53. The molecule has 0 spiro atoms. The van der Waals surface area contributed by atoms with Crippen LogP contribution >= 0.6 is 11.6 Å². The van der Waals surface area contributed by atoms with Gasteiger partial charge >= 0.3 is 0 Å². The third-order valence-electron chi connectivity index (χ3n) is 5.82. The summed E-state index contributed by atoms with van der Waals surface area (Å²) in [6, 6.07) is 10.00. The normalized spacial score (nSPS) is 14.0. The summed E-state index contributed by atoms with van der Waals surface area (Å²) in [5.74, 6) is 6.12. The summed E-state index contributed by atoms with van der Waals surface area (Å²) in [4.78, 5) is 6.65. The number of halogens is 4. The molecule has 0 bridgehead atoms. The lowest BCUT2D eigenvalue weighted by Gasteiger charge is -2.32. The lowest BCUT2D eigenvalue weighted by atomic mass is 9.92. The van der Waals surface area contributed by atoms with Gasteiger partial charge in [0.25, 0.3) is 12.2 Å². The third kappa shape index (κ3) is 3.66. The summed E-state index contributed by atoms with van der Waals surface area (Å²) < 4.78 is 42.4. The zero-order valence-corrected chi connectivity index (χ0v) is 18.7. The van der Waals surface area contributed by atoms with Crippen LogP contribution in [0.5, 0.6) is 0 Å². The van der Waals surface area contributed by atoms with E-state index < -0.39 is 17.7 Å². The lowest BCUT2D eigenvalue weighted by Crippen LogP contribution is -2.26. The zero-order valence-electron chi connectivity index (χ0n) is 17.9. The highest BCUT2D eigenvalue weighted by molar-refractivity contribution is 6.29. The van der Waals surface area contributed by atoms with E-state index in [4.69, 9.17) is 11.6 Å². The van der Waals surface area contributed by atoms with Crippen LogP contribution < -0.4 is 4.90 Å². The van der Waals surface area contributed by atoms with Gasteiger partial charge in [0.2, 0.25) is 5.28 Å². The molecule has 9 heteroatoms. The van der Waals surface area contributed by atoms with Crippen molar-refractivity contribution in [3.05, 3.63) is 58.6 Å². The van der Waals surface area contributed by atoms with Crippen molar-refractivity contribution in [1.82, 2.24) is 19.6 Å². The van der Waals surface area contributed by atoms with Gasteiger partial charge in [-0.15, -0.1) is 10.2 Å². The van der Waals surface area contributed by atoms with Crippen LogP contribution in [0.4, 0.5) is 24.7 Å². The van der Waals surface area contributed by atoms with Gasteiger partial charge in [-0.3, -0.25) is 0 Å². The summed E-state index contributed by atoms with van der Waals surface area (Å²) in [5, 5.41) is 8.65. The van der Waals surface area contributed by atoms with E-state index in [0.717, 1.165) is 24.1 Å². The summed E-state index contributed by atoms with van der Waals surface area (Å²) in [6.07, 6.45) is -1.01. The number of anilines is 2. The SMILES string of the molecule is CC(C)(C#Cc1cccc2c1CCCN2c1nc2nnc(Cl)n2c2ccc(F)cc12)C(F)F. The average Bonchev–Trinajstić information content (AvgIpc) is 3.17. The second-order valence-corrected chi connectivity index (χ2v) is 8.87. The van der Waals surface area contributed by atoms with Crippen molar-refractivity contribution in [2.45, 2.75) is 33.1 Å². The Bertz CT molecular complexity index is 1450. The Morgan fingerprint density at radius 2 is 1.97 bits per heavy atom. The second kappa shape index (κ2) is 7.92. The molecular weight excluding hydrogens is 451 g/mol. The first-order valence-corrected chi connectivity index (χ1v) is 10.8. The fourth-order valence-corrected chi connectivity index (χ4v) is 4.23. The molecule has 0 amide bonds. The molecule has 5 nitrogen and oxygen atoms in total. The summed E-state index contributed by atoms with van der Waals surface area (Å²) >= 11 is 6.20. The van der Waals surface area contributed by atoms with Crippen molar-refractivity contribution in [2.75, 3.05) is 11.4 Å². The van der Waals surface area contributed by atoms with Crippen LogP contribution in [0.25, 0.3) is 16.7 Å². The quantitative estimate of drug-likeness (QED) is 0.348. The first-order chi connectivity index (χ1) is 15.8. The average molecular weight is 470 g/mol. The summed E-state index contributed by atoms with van der Waals surface area (Å²) in [7, 11) is 0. The molecule has 33 heavy (non-hydrogen) atoms. The Balaban J connectivity index is 1.70. The van der Waals surface area contributed by atoms with Gasteiger partial charge in [0, 0.05) is 23.2 Å². The molecule has 0 radical (unpaired) electrons. The van der Waals surface area contributed by atoms with E-state index in [-0.39, 0.29) is 5.28 Å². The number of nitrogens with zero attached hydrogens (tertiary/aromatic N) is 5. The maximum Gasteiger partial charge on any atom is 0.258 e. The highest BCUT2D eigenvalue weighted by Crippen LogP contribution is 2.38. The van der Waals surface area contributed by atoms with Gasteiger partial charge in [-0.2, -0.15) is 4.98 Å². The van der Waals surface area contributed by atoms with E-state index in [1.807, 2.05) is 23.1 Å². The summed E-state index contributed by atoms with van der Waals surface area (Å²) in [5.41, 5.74) is 1.73. The van der Waals surface area contributed by atoms with Crippen molar-refractivity contribution in [3.8, 4) is 11.8 Å². The van der Waals surface area contributed by atoms with E-state index in [0.29, 0.717) is 34.6 Å². The fourth-order valence-electron chi connectivity index (χ4n) is 4.03. The van der Waals surface area contributed by atoms with Crippen LogP contribution in [-0.4, -0.2) is 32.6 Å². The predicted octanol–water partition coefficient (Wildman–Crippen LogP) is 5.80. The molecule has 0 atom stereocenters. The molecule has 1 aliphatic rings. The van der Waals surface area contributed by atoms with E-state index in [1.165, 1.54) is 26.0 Å². The molecule has 2 aromatic carbocycles. The van der Waals surface area contributed by atoms with Crippen LogP contribution in [0.1, 0.15) is 31.4 Å². The molecule has 0 aliphatic carbocycles. The molecule has 168 valence electrons. The van der Waals surface area contributed by atoms with E-state index in [2.05, 4.69) is 27.0 Å². The third-order valence-corrected chi connectivity index (χ3v) is 6.07. The molecule has 0 N–H and O–H groups in total. The van der Waals surface area contributed by atoms with Crippen LogP contribution in [0.3, 0.4) is 0 Å².